The van der Waals surface area contributed by atoms with Crippen molar-refractivity contribution in [3.8, 4) is 0 Å². The Bertz CT molecular complexity index is 455. The molecule has 0 nitrogen and oxygen atoms in total. The zero-order chi connectivity index (χ0) is 14.4. The minimum atomic E-state index is -9.58. The van der Waals surface area contributed by atoms with E-state index in [4.69, 9.17) is 0 Å². The van der Waals surface area contributed by atoms with E-state index in [0.717, 1.165) is 12.1 Å². The second-order valence-electron chi connectivity index (χ2n) is 4.99. The second-order valence-corrected chi connectivity index (χ2v) is 7.40. The number of benzene rings is 1. The highest BCUT2D eigenvalue weighted by molar-refractivity contribution is 8.45. The van der Waals surface area contributed by atoms with Gasteiger partial charge in [-0.25, -0.2) is 4.39 Å². The van der Waals surface area contributed by atoms with E-state index >= 15 is 0 Å². The molecule has 0 aliphatic heterocycles. The van der Waals surface area contributed by atoms with Gasteiger partial charge in [0.05, 0.1) is 0 Å². The fraction of sp³-hybridized carbons (Fsp3) is 0.500. The first-order valence-electron chi connectivity index (χ1n) is 5.94. The fourth-order valence-corrected chi connectivity index (χ4v) is 3.03. The lowest BCUT2D eigenvalue weighted by atomic mass is 9.83. The van der Waals surface area contributed by atoms with Gasteiger partial charge in [-0.05, 0) is 49.3 Å². The van der Waals surface area contributed by atoms with E-state index in [-0.39, 0.29) is 5.92 Å². The van der Waals surface area contributed by atoms with Gasteiger partial charge in [-0.2, -0.15) is 0 Å². The van der Waals surface area contributed by atoms with Crippen LogP contribution in [0.1, 0.15) is 37.2 Å². The van der Waals surface area contributed by atoms with Crippen molar-refractivity contribution in [2.45, 2.75) is 42.7 Å². The van der Waals surface area contributed by atoms with Gasteiger partial charge < -0.3 is 0 Å². The van der Waals surface area contributed by atoms with Gasteiger partial charge in [0.25, 0.3) is 0 Å². The van der Waals surface area contributed by atoms with Crippen molar-refractivity contribution >= 4 is 10.2 Å². The molecular formula is C12H14F6S. The van der Waals surface area contributed by atoms with Crippen molar-refractivity contribution in [2.24, 2.45) is 0 Å². The highest BCUT2D eigenvalue weighted by Crippen LogP contribution is 3.02. The van der Waals surface area contributed by atoms with Crippen LogP contribution in [-0.4, -0.2) is 6.17 Å². The molecule has 1 fully saturated rings. The maximum atomic E-state index is 13.0. The monoisotopic (exact) mass is 304 g/mol. The predicted molar refractivity (Wildman–Crippen MR) is 63.9 cm³/mol. The van der Waals surface area contributed by atoms with E-state index in [9.17, 15) is 23.8 Å². The molecule has 0 amide bonds. The molecule has 1 aliphatic rings. The lowest BCUT2D eigenvalue weighted by Crippen LogP contribution is -2.14. The third kappa shape index (κ3) is 3.58. The van der Waals surface area contributed by atoms with Crippen molar-refractivity contribution in [1.29, 1.82) is 0 Å². The molecule has 0 radical (unpaired) electrons. The summed E-state index contributed by atoms with van der Waals surface area (Å²) in [5.74, 6) is -0.0421. The standard InChI is InChI=1S/C12H14F6S/c13-11-5-1-9(2-6-11)10-3-7-12(8-4-10)19(14,15,16,17)18/h3-4,7-9,11H,1-2,5-6H2. The van der Waals surface area contributed by atoms with Crippen LogP contribution in [0.25, 0.3) is 0 Å². The average molecular weight is 304 g/mol. The summed E-state index contributed by atoms with van der Waals surface area (Å²) in [5.41, 5.74) is 0.567. The number of rotatable bonds is 2. The van der Waals surface area contributed by atoms with Crippen LogP contribution in [0.2, 0.25) is 0 Å². The molecule has 0 spiro atoms. The van der Waals surface area contributed by atoms with Crippen molar-refractivity contribution in [3.63, 3.8) is 0 Å². The Hall–Kier alpha value is -0.850. The largest absolute Gasteiger partial charge is 0.310 e. The second kappa shape index (κ2) is 3.84. The minimum Gasteiger partial charge on any atom is -0.247 e. The molecule has 0 N–H and O–H groups in total. The molecule has 1 aromatic rings. The Kier molecular flexibility index (Phi) is 2.94. The topological polar surface area (TPSA) is 0 Å². The van der Waals surface area contributed by atoms with E-state index in [1.54, 1.807) is 0 Å². The number of halogens is 6. The first-order chi connectivity index (χ1) is 8.45. The Balaban J connectivity index is 2.21. The average Bonchev–Trinajstić information content (AvgIpc) is 2.27. The van der Waals surface area contributed by atoms with Gasteiger partial charge >= 0.3 is 10.2 Å². The number of hydrogen-bond acceptors (Lipinski definition) is 0. The summed E-state index contributed by atoms with van der Waals surface area (Å²) >= 11 is 0. The molecule has 0 aromatic heterocycles. The highest BCUT2D eigenvalue weighted by atomic mass is 32.5. The van der Waals surface area contributed by atoms with Crippen LogP contribution >= 0.6 is 10.2 Å². The zero-order valence-electron chi connectivity index (χ0n) is 9.97. The lowest BCUT2D eigenvalue weighted by molar-refractivity contribution is 0.235. The van der Waals surface area contributed by atoms with Crippen molar-refractivity contribution < 1.29 is 23.8 Å². The van der Waals surface area contributed by atoms with Gasteiger partial charge in [0.2, 0.25) is 0 Å². The maximum Gasteiger partial charge on any atom is 0.310 e. The van der Waals surface area contributed by atoms with Crippen LogP contribution in [0.15, 0.2) is 29.2 Å². The molecule has 1 aromatic carbocycles. The van der Waals surface area contributed by atoms with E-state index in [2.05, 4.69) is 0 Å². The van der Waals surface area contributed by atoms with Crippen LogP contribution in [0.3, 0.4) is 0 Å². The molecule has 0 saturated heterocycles. The molecular weight excluding hydrogens is 290 g/mol. The molecule has 0 atom stereocenters. The van der Waals surface area contributed by atoms with Crippen molar-refractivity contribution in [3.05, 3.63) is 29.8 Å². The number of alkyl halides is 1. The summed E-state index contributed by atoms with van der Waals surface area (Å²) in [6.07, 6.45) is 0.954. The summed E-state index contributed by atoms with van der Waals surface area (Å²) in [4.78, 5) is -1.87. The molecule has 0 unspecified atom stereocenters. The van der Waals surface area contributed by atoms with Crippen molar-refractivity contribution in [2.75, 3.05) is 0 Å². The highest BCUT2D eigenvalue weighted by Gasteiger charge is 2.65. The Labute approximate surface area is 107 Å². The van der Waals surface area contributed by atoms with E-state index in [1.807, 2.05) is 0 Å². The molecule has 7 heteroatoms. The van der Waals surface area contributed by atoms with Crippen LogP contribution in [0.4, 0.5) is 23.8 Å². The summed E-state index contributed by atoms with van der Waals surface area (Å²) in [6, 6.07) is 3.02. The van der Waals surface area contributed by atoms with Gasteiger partial charge in [-0.3, -0.25) is 0 Å². The molecule has 19 heavy (non-hydrogen) atoms. The molecule has 0 bridgehead atoms. The quantitative estimate of drug-likeness (QED) is 0.559. The van der Waals surface area contributed by atoms with Crippen LogP contribution in [0.5, 0.6) is 0 Å². The molecule has 0 heterocycles. The normalized spacial score (nSPS) is 28.5. The first-order valence-corrected chi connectivity index (χ1v) is 7.89. The summed E-state index contributed by atoms with van der Waals surface area (Å²) < 4.78 is 75.6. The summed E-state index contributed by atoms with van der Waals surface area (Å²) in [5, 5.41) is 0. The Morgan fingerprint density at radius 3 is 1.68 bits per heavy atom. The van der Waals surface area contributed by atoms with E-state index in [0.29, 0.717) is 43.4 Å². The van der Waals surface area contributed by atoms with E-state index in [1.165, 1.54) is 0 Å². The third-order valence-electron chi connectivity index (χ3n) is 3.45. The van der Waals surface area contributed by atoms with Gasteiger partial charge in [0.15, 0.2) is 0 Å². The van der Waals surface area contributed by atoms with Crippen LogP contribution < -0.4 is 0 Å². The van der Waals surface area contributed by atoms with Crippen LogP contribution in [0, 0.1) is 0 Å². The van der Waals surface area contributed by atoms with Gasteiger partial charge in [-0.1, -0.05) is 31.6 Å². The number of hydrogen-bond donors (Lipinski definition) is 0. The minimum absolute atomic E-state index is 0.0421. The molecule has 1 saturated carbocycles. The molecule has 2 rings (SSSR count). The van der Waals surface area contributed by atoms with E-state index < -0.39 is 21.3 Å². The predicted octanol–water partition coefficient (Wildman–Crippen LogP) is 6.34. The van der Waals surface area contributed by atoms with Gasteiger partial charge in [0.1, 0.15) is 11.1 Å². The molecule has 110 valence electrons. The molecule has 1 aliphatic carbocycles. The fourth-order valence-electron chi connectivity index (χ4n) is 2.38. The van der Waals surface area contributed by atoms with Gasteiger partial charge in [-0.15, -0.1) is 0 Å². The smallest absolute Gasteiger partial charge is 0.247 e. The van der Waals surface area contributed by atoms with Gasteiger partial charge in [0, 0.05) is 0 Å². The van der Waals surface area contributed by atoms with Crippen molar-refractivity contribution in [1.82, 2.24) is 0 Å². The third-order valence-corrected chi connectivity index (χ3v) is 4.62. The zero-order valence-corrected chi connectivity index (χ0v) is 10.8. The Morgan fingerprint density at radius 1 is 0.789 bits per heavy atom. The SMILES string of the molecule is FC1CCC(c2ccc(S(F)(F)(F)(F)F)cc2)CC1. The lowest BCUT2D eigenvalue weighted by Gasteiger charge is -2.40. The first kappa shape index (κ1) is 14.6. The maximum absolute atomic E-state index is 13.0. The Morgan fingerprint density at radius 2 is 1.26 bits per heavy atom. The summed E-state index contributed by atoms with van der Waals surface area (Å²) in [6.45, 7) is 0. The summed E-state index contributed by atoms with van der Waals surface area (Å²) in [7, 11) is -9.58. The van der Waals surface area contributed by atoms with Crippen LogP contribution in [-0.2, 0) is 0 Å².